The number of hydrogen-bond donors (Lipinski definition) is 1. The molecule has 2 heteroatoms. The standard InChI is InChI=1S/C12H17NS/c1-13(2)12(14)10-6-9-11-7-4-3-5-8-11/h3-5,7-8,10,14H,6,9H2,1-2H3/b12-10-. The van der Waals surface area contributed by atoms with Crippen LogP contribution in [0, 0.1) is 0 Å². The number of rotatable bonds is 4. The van der Waals surface area contributed by atoms with Gasteiger partial charge < -0.3 is 4.90 Å². The summed E-state index contributed by atoms with van der Waals surface area (Å²) in [5, 5.41) is 1.03. The molecule has 0 N–H and O–H groups in total. The van der Waals surface area contributed by atoms with Crippen LogP contribution in [-0.2, 0) is 6.42 Å². The highest BCUT2D eigenvalue weighted by molar-refractivity contribution is 7.84. The Balaban J connectivity index is 2.39. The molecule has 0 atom stereocenters. The van der Waals surface area contributed by atoms with Crippen LogP contribution in [0.1, 0.15) is 12.0 Å². The van der Waals surface area contributed by atoms with E-state index < -0.39 is 0 Å². The van der Waals surface area contributed by atoms with Crippen LogP contribution in [0.3, 0.4) is 0 Å². The second kappa shape index (κ2) is 5.76. The fraction of sp³-hybridized carbons (Fsp3) is 0.333. The highest BCUT2D eigenvalue weighted by Crippen LogP contribution is 2.08. The second-order valence-electron chi connectivity index (χ2n) is 3.48. The average Bonchev–Trinajstić information content (AvgIpc) is 2.19. The molecule has 0 saturated carbocycles. The van der Waals surface area contributed by atoms with E-state index >= 15 is 0 Å². The molecule has 1 rings (SSSR count). The molecule has 1 aromatic rings. The van der Waals surface area contributed by atoms with Gasteiger partial charge in [-0.1, -0.05) is 36.4 Å². The maximum atomic E-state index is 4.36. The highest BCUT2D eigenvalue weighted by atomic mass is 32.1. The molecule has 0 fully saturated rings. The van der Waals surface area contributed by atoms with Gasteiger partial charge in [0.05, 0.1) is 5.03 Å². The molecule has 76 valence electrons. The lowest BCUT2D eigenvalue weighted by atomic mass is 10.1. The molecule has 0 saturated heterocycles. The van der Waals surface area contributed by atoms with Crippen molar-refractivity contribution in [1.29, 1.82) is 0 Å². The molecule has 0 spiro atoms. The SMILES string of the molecule is CN(C)/C(S)=C/CCc1ccccc1. The smallest absolute Gasteiger partial charge is 0.0630 e. The molecule has 0 bridgehead atoms. The van der Waals surface area contributed by atoms with Crippen molar-refractivity contribution < 1.29 is 0 Å². The molecule has 0 aliphatic rings. The van der Waals surface area contributed by atoms with E-state index in [1.165, 1.54) is 5.56 Å². The number of nitrogens with zero attached hydrogens (tertiary/aromatic N) is 1. The van der Waals surface area contributed by atoms with E-state index in [-0.39, 0.29) is 0 Å². The first-order chi connectivity index (χ1) is 6.70. The Kier molecular flexibility index (Phi) is 4.60. The first kappa shape index (κ1) is 11.2. The first-order valence-electron chi connectivity index (χ1n) is 4.80. The summed E-state index contributed by atoms with van der Waals surface area (Å²) in [6.45, 7) is 0. The van der Waals surface area contributed by atoms with Crippen LogP contribution in [0.4, 0.5) is 0 Å². The zero-order valence-electron chi connectivity index (χ0n) is 8.77. The third kappa shape index (κ3) is 3.88. The Labute approximate surface area is 91.8 Å². The predicted octanol–water partition coefficient (Wildman–Crippen LogP) is 2.95. The van der Waals surface area contributed by atoms with Gasteiger partial charge in [-0.15, -0.1) is 12.6 Å². The van der Waals surface area contributed by atoms with Gasteiger partial charge in [-0.2, -0.15) is 0 Å². The molecule has 1 aromatic carbocycles. The van der Waals surface area contributed by atoms with E-state index in [1.807, 2.05) is 25.1 Å². The Morgan fingerprint density at radius 1 is 1.29 bits per heavy atom. The van der Waals surface area contributed by atoms with Crippen molar-refractivity contribution in [3.63, 3.8) is 0 Å². The molecule has 0 aromatic heterocycles. The van der Waals surface area contributed by atoms with E-state index in [4.69, 9.17) is 0 Å². The van der Waals surface area contributed by atoms with Crippen molar-refractivity contribution in [3.05, 3.63) is 47.0 Å². The summed E-state index contributed by atoms with van der Waals surface area (Å²) >= 11 is 4.36. The van der Waals surface area contributed by atoms with Crippen molar-refractivity contribution in [1.82, 2.24) is 4.90 Å². The summed E-state index contributed by atoms with van der Waals surface area (Å²) in [6, 6.07) is 10.5. The predicted molar refractivity (Wildman–Crippen MR) is 65.5 cm³/mol. The van der Waals surface area contributed by atoms with Gasteiger partial charge in [-0.05, 0) is 18.4 Å². The summed E-state index contributed by atoms with van der Waals surface area (Å²) in [4.78, 5) is 2.01. The van der Waals surface area contributed by atoms with E-state index in [0.29, 0.717) is 0 Å². The quantitative estimate of drug-likeness (QED) is 0.743. The van der Waals surface area contributed by atoms with Gasteiger partial charge >= 0.3 is 0 Å². The van der Waals surface area contributed by atoms with Gasteiger partial charge in [0.25, 0.3) is 0 Å². The third-order valence-electron chi connectivity index (χ3n) is 2.06. The van der Waals surface area contributed by atoms with Crippen molar-refractivity contribution >= 4 is 12.6 Å². The van der Waals surface area contributed by atoms with Crippen molar-refractivity contribution in [3.8, 4) is 0 Å². The van der Waals surface area contributed by atoms with Gasteiger partial charge in [0, 0.05) is 14.1 Å². The highest BCUT2D eigenvalue weighted by Gasteiger charge is 1.92. The first-order valence-corrected chi connectivity index (χ1v) is 5.25. The number of hydrogen-bond acceptors (Lipinski definition) is 2. The van der Waals surface area contributed by atoms with Gasteiger partial charge in [0.2, 0.25) is 0 Å². The average molecular weight is 207 g/mol. The topological polar surface area (TPSA) is 3.24 Å². The molecule has 0 heterocycles. The van der Waals surface area contributed by atoms with Crippen LogP contribution in [0.5, 0.6) is 0 Å². The Bertz CT molecular complexity index is 290. The van der Waals surface area contributed by atoms with Crippen molar-refractivity contribution in [2.24, 2.45) is 0 Å². The molecular weight excluding hydrogens is 190 g/mol. The molecular formula is C12H17NS. The Morgan fingerprint density at radius 2 is 1.93 bits per heavy atom. The molecule has 0 aliphatic carbocycles. The Hall–Kier alpha value is -0.890. The van der Waals surface area contributed by atoms with Crippen molar-refractivity contribution in [2.75, 3.05) is 14.1 Å². The van der Waals surface area contributed by atoms with Crippen LogP contribution in [0.15, 0.2) is 41.4 Å². The summed E-state index contributed by atoms with van der Waals surface area (Å²) < 4.78 is 0. The van der Waals surface area contributed by atoms with Gasteiger partial charge in [-0.25, -0.2) is 0 Å². The van der Waals surface area contributed by atoms with Gasteiger partial charge in [0.1, 0.15) is 0 Å². The molecule has 1 nitrogen and oxygen atoms in total. The third-order valence-corrected chi connectivity index (χ3v) is 2.64. The van der Waals surface area contributed by atoms with Gasteiger partial charge in [0.15, 0.2) is 0 Å². The lowest BCUT2D eigenvalue weighted by Crippen LogP contribution is -2.06. The van der Waals surface area contributed by atoms with E-state index in [9.17, 15) is 0 Å². The minimum Gasteiger partial charge on any atom is -0.373 e. The molecule has 0 radical (unpaired) electrons. The molecule has 0 amide bonds. The summed E-state index contributed by atoms with van der Waals surface area (Å²) in [5.74, 6) is 0. The minimum atomic E-state index is 1.03. The molecule has 14 heavy (non-hydrogen) atoms. The van der Waals surface area contributed by atoms with Crippen LogP contribution in [0.2, 0.25) is 0 Å². The van der Waals surface area contributed by atoms with Crippen molar-refractivity contribution in [2.45, 2.75) is 12.8 Å². The van der Waals surface area contributed by atoms with Crippen LogP contribution in [-0.4, -0.2) is 19.0 Å². The summed E-state index contributed by atoms with van der Waals surface area (Å²) in [7, 11) is 4.00. The second-order valence-corrected chi connectivity index (χ2v) is 3.94. The largest absolute Gasteiger partial charge is 0.373 e. The number of allylic oxidation sites excluding steroid dienone is 1. The fourth-order valence-electron chi connectivity index (χ4n) is 1.20. The lowest BCUT2D eigenvalue weighted by Gasteiger charge is -2.11. The number of aryl methyl sites for hydroxylation is 1. The molecule has 0 unspecified atom stereocenters. The summed E-state index contributed by atoms with van der Waals surface area (Å²) in [6.07, 6.45) is 4.27. The normalized spacial score (nSPS) is 11.5. The minimum absolute atomic E-state index is 1.03. The van der Waals surface area contributed by atoms with Crippen LogP contribution < -0.4 is 0 Å². The lowest BCUT2D eigenvalue weighted by molar-refractivity contribution is 0.548. The van der Waals surface area contributed by atoms with E-state index in [0.717, 1.165) is 17.9 Å². The maximum Gasteiger partial charge on any atom is 0.0630 e. The number of benzene rings is 1. The molecule has 0 aliphatic heterocycles. The summed E-state index contributed by atoms with van der Waals surface area (Å²) in [5.41, 5.74) is 1.38. The fourth-order valence-corrected chi connectivity index (χ4v) is 1.32. The zero-order valence-corrected chi connectivity index (χ0v) is 9.67. The number of thiol groups is 1. The van der Waals surface area contributed by atoms with E-state index in [2.05, 4.69) is 43.0 Å². The maximum absolute atomic E-state index is 4.36. The van der Waals surface area contributed by atoms with Gasteiger partial charge in [-0.3, -0.25) is 0 Å². The van der Waals surface area contributed by atoms with Crippen LogP contribution >= 0.6 is 12.6 Å². The van der Waals surface area contributed by atoms with Crippen LogP contribution in [0.25, 0.3) is 0 Å². The van der Waals surface area contributed by atoms with E-state index in [1.54, 1.807) is 0 Å². The Morgan fingerprint density at radius 3 is 2.50 bits per heavy atom. The monoisotopic (exact) mass is 207 g/mol. The zero-order chi connectivity index (χ0) is 10.4.